The predicted molar refractivity (Wildman–Crippen MR) is 128 cm³/mol. The lowest BCUT2D eigenvalue weighted by atomic mass is 10.1. The second kappa shape index (κ2) is 9.82. The molecule has 0 aliphatic carbocycles. The van der Waals surface area contributed by atoms with Crippen molar-refractivity contribution in [2.45, 2.75) is 12.5 Å². The number of morpholine rings is 1. The first-order valence-electron chi connectivity index (χ1n) is 11.1. The minimum absolute atomic E-state index is 0.119. The van der Waals surface area contributed by atoms with E-state index in [-0.39, 0.29) is 24.8 Å². The molecule has 3 heterocycles. The van der Waals surface area contributed by atoms with Crippen LogP contribution in [0.25, 0.3) is 10.6 Å². The molecule has 2 aliphatic rings. The van der Waals surface area contributed by atoms with Crippen molar-refractivity contribution in [3.8, 4) is 22.1 Å². The van der Waals surface area contributed by atoms with Gasteiger partial charge in [0.05, 0.1) is 44.7 Å². The van der Waals surface area contributed by atoms with Gasteiger partial charge in [0.2, 0.25) is 5.91 Å². The molecular formula is C25H25N3O5S. The number of methoxy groups -OCH3 is 1. The van der Waals surface area contributed by atoms with Gasteiger partial charge in [0.1, 0.15) is 16.5 Å². The Morgan fingerprint density at radius 3 is 2.65 bits per heavy atom. The largest absolute Gasteiger partial charge is 0.497 e. The first-order chi connectivity index (χ1) is 16.6. The summed E-state index contributed by atoms with van der Waals surface area (Å²) in [5.41, 5.74) is 2.34. The van der Waals surface area contributed by atoms with Gasteiger partial charge in [-0.3, -0.25) is 9.59 Å². The molecule has 0 radical (unpaired) electrons. The van der Waals surface area contributed by atoms with E-state index in [9.17, 15) is 9.59 Å². The van der Waals surface area contributed by atoms with Crippen LogP contribution in [0.15, 0.2) is 53.9 Å². The lowest BCUT2D eigenvalue weighted by molar-refractivity contribution is -0.142. The highest BCUT2D eigenvalue weighted by atomic mass is 32.1. The van der Waals surface area contributed by atoms with Crippen molar-refractivity contribution >= 4 is 28.8 Å². The Bertz CT molecular complexity index is 1170. The van der Waals surface area contributed by atoms with E-state index in [4.69, 9.17) is 14.2 Å². The highest BCUT2D eigenvalue weighted by Crippen LogP contribution is 2.34. The summed E-state index contributed by atoms with van der Waals surface area (Å²) in [4.78, 5) is 34.5. The number of fused-ring (bicyclic) bond motifs is 1. The molecule has 176 valence electrons. The SMILES string of the molecule is COc1ccc(-c2nc(CC(=O)N3CC(C(=O)N4CCOCC4)Oc4ccccc43)cs2)cc1. The van der Waals surface area contributed by atoms with Crippen molar-refractivity contribution in [1.29, 1.82) is 0 Å². The average molecular weight is 480 g/mol. The molecule has 0 bridgehead atoms. The summed E-state index contributed by atoms with van der Waals surface area (Å²) in [6, 6.07) is 15.0. The summed E-state index contributed by atoms with van der Waals surface area (Å²) in [5, 5.41) is 2.74. The Hall–Kier alpha value is -3.43. The van der Waals surface area contributed by atoms with E-state index in [2.05, 4.69) is 4.98 Å². The third-order valence-corrected chi connectivity index (χ3v) is 6.83. The van der Waals surface area contributed by atoms with Crippen LogP contribution in [-0.4, -0.2) is 67.8 Å². The van der Waals surface area contributed by atoms with Gasteiger partial charge < -0.3 is 24.0 Å². The van der Waals surface area contributed by atoms with Crippen molar-refractivity contribution < 1.29 is 23.8 Å². The minimum Gasteiger partial charge on any atom is -0.497 e. The zero-order valence-corrected chi connectivity index (χ0v) is 19.6. The molecule has 9 heteroatoms. The standard InChI is InChI=1S/C25H25N3O5S/c1-31-19-8-6-17(7-9-19)24-26-18(16-34-24)14-23(29)28-15-22(25(30)27-10-12-32-13-11-27)33-21-5-3-2-4-20(21)28/h2-9,16,22H,10-15H2,1H3. The number of anilines is 1. The summed E-state index contributed by atoms with van der Waals surface area (Å²) in [6.07, 6.45) is -0.610. The Balaban J connectivity index is 1.33. The van der Waals surface area contributed by atoms with Crippen LogP contribution in [-0.2, 0) is 20.7 Å². The average Bonchev–Trinajstić information content (AvgIpc) is 3.36. The molecule has 2 aromatic carbocycles. The molecule has 0 saturated carbocycles. The molecule has 1 aromatic heterocycles. The monoisotopic (exact) mass is 479 g/mol. The first-order valence-corrected chi connectivity index (χ1v) is 12.0. The molecule has 0 spiro atoms. The van der Waals surface area contributed by atoms with Gasteiger partial charge in [-0.2, -0.15) is 0 Å². The van der Waals surface area contributed by atoms with E-state index >= 15 is 0 Å². The highest BCUT2D eigenvalue weighted by molar-refractivity contribution is 7.13. The Labute approximate surface area is 201 Å². The first kappa shape index (κ1) is 22.4. The van der Waals surface area contributed by atoms with Crippen LogP contribution in [0.3, 0.4) is 0 Å². The van der Waals surface area contributed by atoms with Gasteiger partial charge in [-0.05, 0) is 36.4 Å². The van der Waals surface area contributed by atoms with Crippen LogP contribution in [0.1, 0.15) is 5.69 Å². The van der Waals surface area contributed by atoms with E-state index < -0.39 is 6.10 Å². The van der Waals surface area contributed by atoms with Crippen LogP contribution >= 0.6 is 11.3 Å². The molecule has 0 N–H and O–H groups in total. The zero-order chi connectivity index (χ0) is 23.5. The van der Waals surface area contributed by atoms with Gasteiger partial charge in [0, 0.05) is 24.0 Å². The number of amides is 2. The number of thiazole rings is 1. The zero-order valence-electron chi connectivity index (χ0n) is 18.8. The van der Waals surface area contributed by atoms with Crippen molar-refractivity contribution in [3.05, 3.63) is 59.6 Å². The summed E-state index contributed by atoms with van der Waals surface area (Å²) < 4.78 is 16.6. The van der Waals surface area contributed by atoms with Crippen LogP contribution in [0, 0.1) is 0 Å². The molecule has 2 amide bonds. The Morgan fingerprint density at radius 1 is 1.12 bits per heavy atom. The number of ether oxygens (including phenoxy) is 3. The summed E-state index contributed by atoms with van der Waals surface area (Å²) in [6.45, 7) is 2.25. The fourth-order valence-corrected chi connectivity index (χ4v) is 4.92. The number of aromatic nitrogens is 1. The lowest BCUT2D eigenvalue weighted by Crippen LogP contribution is -2.54. The third kappa shape index (κ3) is 4.62. The summed E-state index contributed by atoms with van der Waals surface area (Å²) in [7, 11) is 1.63. The number of benzene rings is 2. The van der Waals surface area contributed by atoms with Gasteiger partial charge in [-0.15, -0.1) is 11.3 Å². The molecule has 2 aliphatic heterocycles. The molecule has 1 fully saturated rings. The van der Waals surface area contributed by atoms with Gasteiger partial charge in [0.25, 0.3) is 5.91 Å². The second-order valence-electron chi connectivity index (χ2n) is 8.07. The highest BCUT2D eigenvalue weighted by Gasteiger charge is 2.36. The quantitative estimate of drug-likeness (QED) is 0.560. The maximum atomic E-state index is 13.4. The minimum atomic E-state index is -0.748. The Morgan fingerprint density at radius 2 is 1.88 bits per heavy atom. The second-order valence-corrected chi connectivity index (χ2v) is 8.92. The fourth-order valence-electron chi connectivity index (χ4n) is 4.09. The number of rotatable bonds is 5. The number of para-hydroxylation sites is 2. The van der Waals surface area contributed by atoms with E-state index in [1.807, 2.05) is 47.8 Å². The predicted octanol–water partition coefficient (Wildman–Crippen LogP) is 3.01. The van der Waals surface area contributed by atoms with Gasteiger partial charge >= 0.3 is 0 Å². The number of carbonyl (C=O) groups is 2. The normalized spacial score (nSPS) is 17.6. The molecule has 5 rings (SSSR count). The molecular weight excluding hydrogens is 454 g/mol. The topological polar surface area (TPSA) is 81.2 Å². The summed E-state index contributed by atoms with van der Waals surface area (Å²) in [5.74, 6) is 1.07. The molecule has 3 aromatic rings. The van der Waals surface area contributed by atoms with E-state index in [0.29, 0.717) is 43.4 Å². The van der Waals surface area contributed by atoms with Crippen LogP contribution in [0.4, 0.5) is 5.69 Å². The van der Waals surface area contributed by atoms with Crippen molar-refractivity contribution in [2.75, 3.05) is 44.9 Å². The maximum absolute atomic E-state index is 13.4. The molecule has 34 heavy (non-hydrogen) atoms. The third-order valence-electron chi connectivity index (χ3n) is 5.89. The van der Waals surface area contributed by atoms with Crippen molar-refractivity contribution in [1.82, 2.24) is 9.88 Å². The van der Waals surface area contributed by atoms with E-state index in [1.165, 1.54) is 11.3 Å². The Kier molecular flexibility index (Phi) is 6.46. The summed E-state index contributed by atoms with van der Waals surface area (Å²) >= 11 is 1.49. The van der Waals surface area contributed by atoms with Gasteiger partial charge in [-0.25, -0.2) is 4.98 Å². The van der Waals surface area contributed by atoms with E-state index in [0.717, 1.165) is 16.3 Å². The fraction of sp³-hybridized carbons (Fsp3) is 0.320. The number of hydrogen-bond donors (Lipinski definition) is 0. The van der Waals surface area contributed by atoms with Crippen LogP contribution in [0.5, 0.6) is 11.5 Å². The number of carbonyl (C=O) groups excluding carboxylic acids is 2. The lowest BCUT2D eigenvalue weighted by Gasteiger charge is -2.37. The smallest absolute Gasteiger partial charge is 0.265 e. The molecule has 1 saturated heterocycles. The van der Waals surface area contributed by atoms with E-state index in [1.54, 1.807) is 23.0 Å². The number of nitrogens with zero attached hydrogens (tertiary/aromatic N) is 3. The maximum Gasteiger partial charge on any atom is 0.265 e. The van der Waals surface area contributed by atoms with Gasteiger partial charge in [0.15, 0.2) is 6.10 Å². The molecule has 8 nitrogen and oxygen atoms in total. The van der Waals surface area contributed by atoms with Crippen LogP contribution in [0.2, 0.25) is 0 Å². The van der Waals surface area contributed by atoms with Crippen LogP contribution < -0.4 is 14.4 Å². The number of hydrogen-bond acceptors (Lipinski definition) is 7. The van der Waals surface area contributed by atoms with Gasteiger partial charge in [-0.1, -0.05) is 12.1 Å². The molecule has 1 unspecified atom stereocenters. The van der Waals surface area contributed by atoms with Crippen molar-refractivity contribution in [2.24, 2.45) is 0 Å². The molecule has 1 atom stereocenters. The van der Waals surface area contributed by atoms with Crippen molar-refractivity contribution in [3.63, 3.8) is 0 Å².